The van der Waals surface area contributed by atoms with Crippen LogP contribution in [0.4, 0.5) is 0 Å². The molecule has 88 heavy (non-hydrogen) atoms. The van der Waals surface area contributed by atoms with Crippen LogP contribution in [0.5, 0.6) is 0 Å². The molecule has 0 heterocycles. The van der Waals surface area contributed by atoms with E-state index in [0.29, 0.717) is 50.9 Å². The van der Waals surface area contributed by atoms with Crippen molar-refractivity contribution in [2.45, 2.75) is 110 Å². The molecule has 0 saturated heterocycles. The molecule has 462 valence electrons. The molecule has 5 atom stereocenters. The van der Waals surface area contributed by atoms with E-state index < -0.39 is 74.2 Å². The lowest BCUT2D eigenvalue weighted by atomic mass is 9.87. The van der Waals surface area contributed by atoms with Crippen molar-refractivity contribution in [1.29, 1.82) is 0 Å². The van der Waals surface area contributed by atoms with Gasteiger partial charge in [-0.3, -0.25) is 59.1 Å². The average Bonchev–Trinajstić information content (AvgIpc) is 1.02. The summed E-state index contributed by atoms with van der Waals surface area (Å²) in [7, 11) is -20.3. The molecule has 9 rings (SSSR count). The number of esters is 1. The van der Waals surface area contributed by atoms with Crippen molar-refractivity contribution >= 4 is 37.3 Å². The highest BCUT2D eigenvalue weighted by Crippen LogP contribution is 2.63. The summed E-state index contributed by atoms with van der Waals surface area (Å²) in [6.07, 6.45) is -10.2. The number of phosphoric acid groups is 4. The summed E-state index contributed by atoms with van der Waals surface area (Å²) in [6, 6.07) is 70.3. The number of hydrogen-bond acceptors (Lipinski definition) is 18. The molecule has 8 aromatic rings. The van der Waals surface area contributed by atoms with Gasteiger partial charge in [0.1, 0.15) is 30.5 Å². The lowest BCUT2D eigenvalue weighted by Crippen LogP contribution is -2.59. The number of hydrogen-bond donors (Lipinski definition) is 0. The van der Waals surface area contributed by atoms with Crippen LogP contribution in [0.2, 0.25) is 0 Å². The van der Waals surface area contributed by atoms with Crippen molar-refractivity contribution in [1.82, 2.24) is 0 Å². The summed E-state index contributed by atoms with van der Waals surface area (Å²) in [5.74, 6) is -0.779. The highest BCUT2D eigenvalue weighted by atomic mass is 31.2. The van der Waals surface area contributed by atoms with E-state index in [1.807, 2.05) is 0 Å². The third kappa shape index (κ3) is 21.2. The fourth-order valence-electron chi connectivity index (χ4n) is 8.96. The van der Waals surface area contributed by atoms with Gasteiger partial charge in [-0.1, -0.05) is 250 Å². The van der Waals surface area contributed by atoms with Crippen molar-refractivity contribution in [2.24, 2.45) is 0 Å². The summed E-state index contributed by atoms with van der Waals surface area (Å²) in [6.45, 7) is -1.03. The Morgan fingerprint density at radius 3 is 0.739 bits per heavy atom. The first-order valence-corrected chi connectivity index (χ1v) is 34.5. The van der Waals surface area contributed by atoms with Crippen LogP contribution in [0, 0.1) is 0 Å². The fraction of sp³-hybridized carbons (Fsp3) is 0.258. The zero-order valence-corrected chi connectivity index (χ0v) is 52.0. The van der Waals surface area contributed by atoms with Gasteiger partial charge in [-0.25, -0.2) is 18.3 Å². The summed E-state index contributed by atoms with van der Waals surface area (Å²) < 4.78 is 147. The summed E-state index contributed by atoms with van der Waals surface area (Å²) in [4.78, 5) is 14.2. The minimum absolute atomic E-state index is 0.138. The first-order chi connectivity index (χ1) is 42.8. The summed E-state index contributed by atoms with van der Waals surface area (Å²) >= 11 is 0. The highest BCUT2D eigenvalue weighted by Gasteiger charge is 2.59. The Morgan fingerprint density at radius 1 is 0.307 bits per heavy atom. The number of benzene rings is 8. The van der Waals surface area contributed by atoms with Crippen LogP contribution in [-0.4, -0.2) is 36.5 Å². The van der Waals surface area contributed by atoms with Gasteiger partial charge >= 0.3 is 37.3 Å². The van der Waals surface area contributed by atoms with E-state index >= 15 is 18.3 Å². The van der Waals surface area contributed by atoms with Crippen molar-refractivity contribution in [3.05, 3.63) is 287 Å². The molecule has 18 nitrogen and oxygen atoms in total. The predicted molar refractivity (Wildman–Crippen MR) is 329 cm³/mol. The molecule has 0 N–H and O–H groups in total. The lowest BCUT2D eigenvalue weighted by molar-refractivity contribution is -0.190. The second kappa shape index (κ2) is 33.5. The molecule has 1 saturated carbocycles. The van der Waals surface area contributed by atoms with Gasteiger partial charge in [0.05, 0.1) is 52.9 Å². The smallest absolute Gasteiger partial charge is 0.459 e. The predicted octanol–water partition coefficient (Wildman–Crippen LogP) is 16.8. The molecular formula is C66H70O18P4. The molecule has 1 aliphatic rings. The molecule has 0 unspecified atom stereocenters. The Bertz CT molecular complexity index is 3340. The van der Waals surface area contributed by atoms with Gasteiger partial charge < -0.3 is 4.74 Å². The molecule has 0 amide bonds. The number of rotatable bonds is 35. The normalized spacial score (nSPS) is 17.3. The number of phosphoric ester groups is 4. The standard InChI is InChI=1S/C66H70O18P4/c1-2-27-63(67)80-61-44-62(81-85(68,72-45-53-28-11-3-12-29-53)73-46-54-30-13-4-14-31-54)65(83-87(70,76-49-57-36-19-7-20-37-57)77-50-58-38-21-8-22-39-58)66(84-88(71,78-51-59-40-23-9-24-41-59)79-52-60-42-25-10-26-43-60)64(61)82-86(69,74-47-55-32-15-5-16-33-55)75-48-56-34-17-6-18-35-56/h3-26,28-43,61-62,64-66H,2,27,44-52H2,1H3/t61-,62-,64-,65+,66+/m0/s1. The molecule has 0 bridgehead atoms. The number of ether oxygens (including phenoxy) is 1. The van der Waals surface area contributed by atoms with Crippen molar-refractivity contribution in [3.8, 4) is 0 Å². The Balaban J connectivity index is 1.23. The average molecular weight is 1280 g/mol. The van der Waals surface area contributed by atoms with E-state index in [1.165, 1.54) is 0 Å². The molecule has 1 aliphatic carbocycles. The molecule has 22 heteroatoms. The third-order valence-electron chi connectivity index (χ3n) is 13.5. The number of carbonyl (C=O) groups excluding carboxylic acids is 1. The minimum atomic E-state index is -5.16. The molecule has 8 aromatic carbocycles. The van der Waals surface area contributed by atoms with Gasteiger partial charge in [0.25, 0.3) is 0 Å². The van der Waals surface area contributed by atoms with Crippen LogP contribution in [0.15, 0.2) is 243 Å². The topological polar surface area (TPSA) is 205 Å². The van der Waals surface area contributed by atoms with E-state index in [4.69, 9.17) is 59.0 Å². The summed E-state index contributed by atoms with van der Waals surface area (Å²) in [5.41, 5.74) is 4.47. The first kappa shape index (κ1) is 66.1. The van der Waals surface area contributed by atoms with E-state index in [1.54, 1.807) is 250 Å². The molecule has 0 aliphatic heterocycles. The maximum Gasteiger partial charge on any atom is 0.475 e. The van der Waals surface area contributed by atoms with E-state index in [9.17, 15) is 4.79 Å². The van der Waals surface area contributed by atoms with Crippen LogP contribution in [0.25, 0.3) is 0 Å². The van der Waals surface area contributed by atoms with Crippen molar-refractivity contribution < 1.29 is 82.1 Å². The van der Waals surface area contributed by atoms with Crippen LogP contribution in [0.3, 0.4) is 0 Å². The zero-order chi connectivity index (χ0) is 61.3. The van der Waals surface area contributed by atoms with E-state index in [-0.39, 0.29) is 59.3 Å². The third-order valence-corrected chi connectivity index (χ3v) is 19.1. The SMILES string of the molecule is CCCC(=O)O[C@H]1C[C@H](OP(=O)(OCc2ccccc2)OCc2ccccc2)[C@@H](OP(=O)(OCc2ccccc2)OCc2ccccc2)[C@H](OP(=O)(OCc2ccccc2)OCc2ccccc2)[C@H]1OP(=O)(OCc1ccccc1)OCc1ccccc1. The van der Waals surface area contributed by atoms with Crippen molar-refractivity contribution in [2.75, 3.05) is 0 Å². The first-order valence-electron chi connectivity index (χ1n) is 28.6. The largest absolute Gasteiger partial charge is 0.475 e. The van der Waals surface area contributed by atoms with Gasteiger partial charge in [-0.05, 0) is 50.9 Å². The Morgan fingerprint density at radius 2 is 0.511 bits per heavy atom. The van der Waals surface area contributed by atoms with E-state index in [0.717, 1.165) is 0 Å². The van der Waals surface area contributed by atoms with Crippen LogP contribution in [-0.2, 0) is 135 Å². The molecular weight excluding hydrogens is 1200 g/mol. The quantitative estimate of drug-likeness (QED) is 0.0267. The van der Waals surface area contributed by atoms with E-state index in [2.05, 4.69) is 0 Å². The lowest BCUT2D eigenvalue weighted by Gasteiger charge is -2.46. The van der Waals surface area contributed by atoms with Crippen LogP contribution in [0.1, 0.15) is 70.7 Å². The second-order valence-electron chi connectivity index (χ2n) is 20.2. The monoisotopic (exact) mass is 1270 g/mol. The van der Waals surface area contributed by atoms with Crippen LogP contribution < -0.4 is 0 Å². The number of carbonyl (C=O) groups is 1. The van der Waals surface area contributed by atoms with Gasteiger partial charge in [-0.2, -0.15) is 0 Å². The fourth-order valence-corrected chi connectivity index (χ4v) is 14.4. The van der Waals surface area contributed by atoms with Gasteiger partial charge in [0.15, 0.2) is 0 Å². The molecule has 0 radical (unpaired) electrons. The minimum Gasteiger partial charge on any atom is -0.459 e. The highest BCUT2D eigenvalue weighted by molar-refractivity contribution is 7.49. The Labute approximate surface area is 513 Å². The molecule has 0 aromatic heterocycles. The molecule has 0 spiro atoms. The zero-order valence-electron chi connectivity index (χ0n) is 48.4. The van der Waals surface area contributed by atoms with Gasteiger partial charge in [-0.15, -0.1) is 0 Å². The van der Waals surface area contributed by atoms with Crippen molar-refractivity contribution in [3.63, 3.8) is 0 Å². The maximum atomic E-state index is 16.1. The maximum absolute atomic E-state index is 16.1. The summed E-state index contributed by atoms with van der Waals surface area (Å²) in [5, 5.41) is 0. The van der Waals surface area contributed by atoms with Crippen LogP contribution >= 0.6 is 31.3 Å². The Kier molecular flexibility index (Phi) is 25.1. The van der Waals surface area contributed by atoms with Gasteiger partial charge in [0, 0.05) is 12.8 Å². The Hall–Kier alpha value is -6.33. The van der Waals surface area contributed by atoms with Gasteiger partial charge in [0.2, 0.25) is 0 Å². The molecule has 1 fully saturated rings. The second-order valence-corrected chi connectivity index (χ2v) is 26.7.